The van der Waals surface area contributed by atoms with Gasteiger partial charge in [-0.1, -0.05) is 125 Å². The molecule has 0 spiro atoms. The van der Waals surface area contributed by atoms with Crippen LogP contribution in [0.3, 0.4) is 0 Å². The first-order valence-corrected chi connectivity index (χ1v) is 13.5. The van der Waals surface area contributed by atoms with Crippen LogP contribution in [0.1, 0.15) is 125 Å². The SMILES string of the molecule is CC(C)(C)C(=O)/C=C(/[O-])C(C)(C)C.CC(C)(C)C(=O)/C=C(/[O-])C(C)(C)C.CC(C)(C)C(=O)/C=C(\[O-])C(C)(C)C.[Fe+3]. The van der Waals surface area contributed by atoms with Gasteiger partial charge in [0.25, 0.3) is 0 Å². The first-order chi connectivity index (χ1) is 16.6. The standard InChI is InChI=1S/3C11H20O2.Fe/c3*1-10(2,3)8(12)7-9(13)11(4,5)6;/h3*7,12H,1-6H3;/q;;;+3/p-3/b2*8-7+;8-7-;. The number of ketones is 3. The second-order valence-corrected chi connectivity index (χ2v) is 16.1. The summed E-state index contributed by atoms with van der Waals surface area (Å²) in [5.74, 6) is -0.625. The van der Waals surface area contributed by atoms with Crippen LogP contribution in [0.15, 0.2) is 35.5 Å². The van der Waals surface area contributed by atoms with E-state index in [1.165, 1.54) is 18.2 Å². The molecular formula is C33H57FeO6. The topological polar surface area (TPSA) is 120 Å². The average molecular weight is 606 g/mol. The molecule has 0 aliphatic carbocycles. The summed E-state index contributed by atoms with van der Waals surface area (Å²) in [5.41, 5.74) is -2.74. The number of carbonyl (C=O) groups is 3. The van der Waals surface area contributed by atoms with Gasteiger partial charge in [0.2, 0.25) is 0 Å². The quantitative estimate of drug-likeness (QED) is 0.232. The zero-order chi connectivity index (χ0) is 32.6. The summed E-state index contributed by atoms with van der Waals surface area (Å²) in [6.45, 7) is 32.5. The van der Waals surface area contributed by atoms with Gasteiger partial charge in [-0.3, -0.25) is 14.4 Å². The smallest absolute Gasteiger partial charge is 0.875 e. The molecule has 0 aliphatic rings. The molecule has 0 saturated heterocycles. The first kappa shape index (κ1) is 45.1. The van der Waals surface area contributed by atoms with Crippen LogP contribution in [-0.2, 0) is 31.5 Å². The van der Waals surface area contributed by atoms with Crippen molar-refractivity contribution in [3.8, 4) is 0 Å². The van der Waals surface area contributed by atoms with Gasteiger partial charge in [-0.2, -0.15) is 0 Å². The Balaban J connectivity index is -0.000000240. The van der Waals surface area contributed by atoms with E-state index in [0.717, 1.165) is 0 Å². The number of rotatable bonds is 3. The van der Waals surface area contributed by atoms with Gasteiger partial charge in [0.1, 0.15) is 0 Å². The molecule has 0 fully saturated rings. The van der Waals surface area contributed by atoms with Crippen LogP contribution in [-0.4, -0.2) is 17.3 Å². The maximum absolute atomic E-state index is 11.4. The van der Waals surface area contributed by atoms with Crippen molar-refractivity contribution in [3.05, 3.63) is 35.5 Å². The first-order valence-electron chi connectivity index (χ1n) is 13.5. The summed E-state index contributed by atoms with van der Waals surface area (Å²) in [7, 11) is 0. The fourth-order valence-electron chi connectivity index (χ4n) is 1.66. The van der Waals surface area contributed by atoms with E-state index in [1.54, 1.807) is 0 Å². The molecule has 6 nitrogen and oxygen atoms in total. The summed E-state index contributed by atoms with van der Waals surface area (Å²) in [4.78, 5) is 34.3. The predicted octanol–water partition coefficient (Wildman–Crippen LogP) is 5.67. The Morgan fingerprint density at radius 1 is 0.350 bits per heavy atom. The molecule has 0 unspecified atom stereocenters. The molecule has 0 amide bonds. The Labute approximate surface area is 256 Å². The third kappa shape index (κ3) is 21.0. The summed E-state index contributed by atoms with van der Waals surface area (Å²) in [6.07, 6.45) is 3.67. The van der Waals surface area contributed by atoms with E-state index in [4.69, 9.17) is 0 Å². The third-order valence-corrected chi connectivity index (χ3v) is 5.22. The predicted molar refractivity (Wildman–Crippen MR) is 156 cm³/mol. The van der Waals surface area contributed by atoms with E-state index in [-0.39, 0.29) is 51.7 Å². The van der Waals surface area contributed by atoms with Crippen LogP contribution < -0.4 is 15.3 Å². The normalized spacial score (nSPS) is 14.1. The summed E-state index contributed by atoms with van der Waals surface area (Å²) >= 11 is 0. The van der Waals surface area contributed by atoms with Gasteiger partial charge < -0.3 is 15.3 Å². The van der Waals surface area contributed by atoms with Gasteiger partial charge in [0.05, 0.1) is 0 Å². The molecule has 0 rings (SSSR count). The second kappa shape index (κ2) is 16.0. The van der Waals surface area contributed by atoms with Crippen LogP contribution in [0.5, 0.6) is 0 Å². The Bertz CT molecular complexity index is 801. The van der Waals surface area contributed by atoms with Crippen molar-refractivity contribution >= 4 is 17.3 Å². The zero-order valence-corrected chi connectivity index (χ0v) is 29.6. The van der Waals surface area contributed by atoms with Gasteiger partial charge in [-0.15, -0.1) is 17.3 Å². The van der Waals surface area contributed by atoms with Gasteiger partial charge in [0, 0.05) is 16.2 Å². The van der Waals surface area contributed by atoms with Crippen LogP contribution in [0.2, 0.25) is 0 Å². The summed E-state index contributed by atoms with van der Waals surface area (Å²) in [5, 5.41) is 34.3. The van der Waals surface area contributed by atoms with Crippen LogP contribution in [0.4, 0.5) is 0 Å². The van der Waals surface area contributed by atoms with Crippen LogP contribution >= 0.6 is 0 Å². The summed E-state index contributed by atoms with van der Waals surface area (Å²) in [6, 6.07) is 0. The molecule has 233 valence electrons. The monoisotopic (exact) mass is 605 g/mol. The molecule has 0 heterocycles. The molecule has 0 aromatic heterocycles. The molecule has 7 heteroatoms. The molecular weight excluding hydrogens is 548 g/mol. The molecule has 1 radical (unpaired) electrons. The van der Waals surface area contributed by atoms with Gasteiger partial charge in [-0.05, 0) is 34.5 Å². The van der Waals surface area contributed by atoms with Crippen molar-refractivity contribution in [3.63, 3.8) is 0 Å². The van der Waals surface area contributed by atoms with Gasteiger partial charge >= 0.3 is 17.1 Å². The number of allylic oxidation sites excluding steroid dienone is 6. The largest absolute Gasteiger partial charge is 3.00 e. The van der Waals surface area contributed by atoms with Crippen molar-refractivity contribution in [1.29, 1.82) is 0 Å². The molecule has 0 saturated carbocycles. The molecule has 0 N–H and O–H groups in total. The van der Waals surface area contributed by atoms with Crippen molar-refractivity contribution in [1.82, 2.24) is 0 Å². The Kier molecular flexibility index (Phi) is 18.0. The van der Waals surface area contributed by atoms with E-state index < -0.39 is 32.5 Å². The molecule has 40 heavy (non-hydrogen) atoms. The zero-order valence-electron chi connectivity index (χ0n) is 28.5. The summed E-state index contributed by atoms with van der Waals surface area (Å²) < 4.78 is 0. The van der Waals surface area contributed by atoms with Gasteiger partial charge in [-0.25, -0.2) is 0 Å². The average Bonchev–Trinajstić information content (AvgIpc) is 2.64. The van der Waals surface area contributed by atoms with Crippen LogP contribution in [0.25, 0.3) is 0 Å². The minimum absolute atomic E-state index is 0. The minimum atomic E-state index is -0.457. The maximum Gasteiger partial charge on any atom is 3.00 e. The molecule has 0 aliphatic heterocycles. The van der Waals surface area contributed by atoms with E-state index in [1.807, 2.05) is 125 Å². The van der Waals surface area contributed by atoms with Crippen molar-refractivity contribution in [2.24, 2.45) is 32.5 Å². The molecule has 0 bridgehead atoms. The fraction of sp³-hybridized carbons (Fsp3) is 0.727. The van der Waals surface area contributed by atoms with E-state index in [9.17, 15) is 29.7 Å². The second-order valence-electron chi connectivity index (χ2n) is 16.1. The van der Waals surface area contributed by atoms with Crippen molar-refractivity contribution in [2.75, 3.05) is 0 Å². The van der Waals surface area contributed by atoms with Gasteiger partial charge in [0.15, 0.2) is 17.3 Å². The number of carbonyl (C=O) groups excluding carboxylic acids is 3. The molecule has 0 atom stereocenters. The fourth-order valence-corrected chi connectivity index (χ4v) is 1.66. The molecule has 0 aromatic rings. The van der Waals surface area contributed by atoms with Crippen molar-refractivity contribution in [2.45, 2.75) is 125 Å². The Morgan fingerprint density at radius 3 is 0.550 bits per heavy atom. The minimum Gasteiger partial charge on any atom is -0.875 e. The van der Waals surface area contributed by atoms with E-state index in [2.05, 4.69) is 0 Å². The van der Waals surface area contributed by atoms with E-state index >= 15 is 0 Å². The van der Waals surface area contributed by atoms with Crippen LogP contribution in [0, 0.1) is 32.5 Å². The maximum atomic E-state index is 11.4. The Morgan fingerprint density at radius 2 is 0.475 bits per heavy atom. The Hall–Kier alpha value is -1.85. The number of hydrogen-bond donors (Lipinski definition) is 0. The molecule has 0 aromatic carbocycles. The third-order valence-electron chi connectivity index (χ3n) is 5.22. The van der Waals surface area contributed by atoms with E-state index in [0.29, 0.717) is 0 Å². The number of hydrogen-bond acceptors (Lipinski definition) is 6. The van der Waals surface area contributed by atoms with Crippen molar-refractivity contribution < 1.29 is 46.8 Å².